The van der Waals surface area contributed by atoms with E-state index in [2.05, 4.69) is 10.3 Å². The molecule has 0 aliphatic heterocycles. The van der Waals surface area contributed by atoms with E-state index in [-0.39, 0.29) is 5.91 Å². The summed E-state index contributed by atoms with van der Waals surface area (Å²) < 4.78 is 0. The lowest BCUT2D eigenvalue weighted by molar-refractivity contribution is -0.124. The number of amides is 2. The standard InChI is InChI=1S/C19H15N3O3/c23-17(22-25)10-9-13-11-12-20-18-15(13)7-4-8-16(18)21-19(24)14-5-2-1-3-6-14/h1-12,25H,(H,21,24)(H,22,23)/b10-9+. The second-order valence-electron chi connectivity index (χ2n) is 5.23. The van der Waals surface area contributed by atoms with Crippen molar-refractivity contribution in [2.75, 3.05) is 5.32 Å². The predicted molar refractivity (Wildman–Crippen MR) is 95.1 cm³/mol. The molecule has 0 atom stereocenters. The third kappa shape index (κ3) is 3.70. The number of benzene rings is 2. The lowest BCUT2D eigenvalue weighted by Gasteiger charge is -2.09. The van der Waals surface area contributed by atoms with Gasteiger partial charge in [0, 0.05) is 23.2 Å². The number of anilines is 1. The van der Waals surface area contributed by atoms with Gasteiger partial charge in [0.2, 0.25) is 0 Å². The summed E-state index contributed by atoms with van der Waals surface area (Å²) in [6, 6.07) is 16.1. The van der Waals surface area contributed by atoms with Crippen LogP contribution in [0, 0.1) is 0 Å². The second kappa shape index (κ2) is 7.37. The Morgan fingerprint density at radius 3 is 2.56 bits per heavy atom. The maximum absolute atomic E-state index is 12.4. The molecule has 124 valence electrons. The van der Waals surface area contributed by atoms with Crippen LogP contribution < -0.4 is 10.8 Å². The van der Waals surface area contributed by atoms with Crippen LogP contribution >= 0.6 is 0 Å². The Morgan fingerprint density at radius 1 is 1.00 bits per heavy atom. The van der Waals surface area contributed by atoms with Crippen molar-refractivity contribution in [3.05, 3.63) is 78.0 Å². The highest BCUT2D eigenvalue weighted by Crippen LogP contribution is 2.25. The zero-order chi connectivity index (χ0) is 17.6. The Morgan fingerprint density at radius 2 is 1.80 bits per heavy atom. The summed E-state index contributed by atoms with van der Waals surface area (Å²) in [6.07, 6.45) is 4.37. The van der Waals surface area contributed by atoms with E-state index in [1.165, 1.54) is 6.08 Å². The number of nitrogens with zero attached hydrogens (tertiary/aromatic N) is 1. The van der Waals surface area contributed by atoms with Crippen molar-refractivity contribution >= 4 is 34.5 Å². The monoisotopic (exact) mass is 333 g/mol. The number of rotatable bonds is 4. The first-order valence-corrected chi connectivity index (χ1v) is 7.55. The lowest BCUT2D eigenvalue weighted by atomic mass is 10.1. The Balaban J connectivity index is 1.96. The van der Waals surface area contributed by atoms with Crippen molar-refractivity contribution in [1.82, 2.24) is 10.5 Å². The summed E-state index contributed by atoms with van der Waals surface area (Å²) in [4.78, 5) is 27.9. The summed E-state index contributed by atoms with van der Waals surface area (Å²) in [5.74, 6) is -0.853. The molecule has 0 bridgehead atoms. The highest BCUT2D eigenvalue weighted by molar-refractivity contribution is 6.09. The van der Waals surface area contributed by atoms with Crippen molar-refractivity contribution in [3.63, 3.8) is 0 Å². The zero-order valence-electron chi connectivity index (χ0n) is 13.1. The zero-order valence-corrected chi connectivity index (χ0v) is 13.1. The van der Waals surface area contributed by atoms with Crippen molar-refractivity contribution in [3.8, 4) is 0 Å². The van der Waals surface area contributed by atoms with Crippen LogP contribution in [0.2, 0.25) is 0 Å². The minimum Gasteiger partial charge on any atom is -0.320 e. The molecule has 0 unspecified atom stereocenters. The van der Waals surface area contributed by atoms with Gasteiger partial charge >= 0.3 is 0 Å². The fraction of sp³-hybridized carbons (Fsp3) is 0. The molecule has 2 aromatic carbocycles. The summed E-state index contributed by atoms with van der Waals surface area (Å²) in [5, 5.41) is 12.2. The van der Waals surface area contributed by atoms with Gasteiger partial charge in [-0.25, -0.2) is 5.48 Å². The van der Waals surface area contributed by atoms with E-state index in [0.717, 1.165) is 10.9 Å². The van der Waals surface area contributed by atoms with Crippen LogP contribution in [0.5, 0.6) is 0 Å². The molecule has 6 nitrogen and oxygen atoms in total. The maximum atomic E-state index is 12.4. The van der Waals surface area contributed by atoms with E-state index in [4.69, 9.17) is 5.21 Å². The molecule has 0 radical (unpaired) electrons. The molecule has 1 heterocycles. The fourth-order valence-electron chi connectivity index (χ4n) is 2.43. The second-order valence-corrected chi connectivity index (χ2v) is 5.23. The largest absolute Gasteiger partial charge is 0.320 e. The first-order valence-electron chi connectivity index (χ1n) is 7.55. The van der Waals surface area contributed by atoms with Crippen LogP contribution in [0.25, 0.3) is 17.0 Å². The third-order valence-corrected chi connectivity index (χ3v) is 3.61. The number of fused-ring (bicyclic) bond motifs is 1. The van der Waals surface area contributed by atoms with E-state index in [1.54, 1.807) is 60.2 Å². The molecule has 6 heteroatoms. The van der Waals surface area contributed by atoms with Gasteiger partial charge in [-0.15, -0.1) is 0 Å². The van der Waals surface area contributed by atoms with E-state index in [9.17, 15) is 9.59 Å². The highest BCUT2D eigenvalue weighted by Gasteiger charge is 2.10. The molecule has 0 saturated heterocycles. The molecular weight excluding hydrogens is 318 g/mol. The van der Waals surface area contributed by atoms with Crippen LogP contribution in [0.1, 0.15) is 15.9 Å². The quantitative estimate of drug-likeness (QED) is 0.389. The molecule has 1 aromatic heterocycles. The molecule has 3 rings (SSSR count). The van der Waals surface area contributed by atoms with E-state index < -0.39 is 5.91 Å². The number of hydrogen-bond acceptors (Lipinski definition) is 4. The molecule has 3 aromatic rings. The summed E-state index contributed by atoms with van der Waals surface area (Å²) in [6.45, 7) is 0. The first kappa shape index (κ1) is 16.4. The third-order valence-electron chi connectivity index (χ3n) is 3.61. The highest BCUT2D eigenvalue weighted by atomic mass is 16.5. The molecule has 25 heavy (non-hydrogen) atoms. The van der Waals surface area contributed by atoms with Gasteiger partial charge in [0.1, 0.15) is 0 Å². The number of carbonyl (C=O) groups excluding carboxylic acids is 2. The summed E-state index contributed by atoms with van der Waals surface area (Å²) in [7, 11) is 0. The SMILES string of the molecule is O=C(/C=C/c1ccnc2c(NC(=O)c3ccccc3)cccc12)NO. The molecule has 3 N–H and O–H groups in total. The van der Waals surface area contributed by atoms with Gasteiger partial charge in [-0.3, -0.25) is 19.8 Å². The van der Waals surface area contributed by atoms with E-state index >= 15 is 0 Å². The minimum atomic E-state index is -0.626. The van der Waals surface area contributed by atoms with Crippen molar-refractivity contribution in [1.29, 1.82) is 0 Å². The van der Waals surface area contributed by atoms with Crippen LogP contribution in [-0.4, -0.2) is 22.0 Å². The maximum Gasteiger partial charge on any atom is 0.267 e. The number of carbonyl (C=O) groups is 2. The Kier molecular flexibility index (Phi) is 4.82. The van der Waals surface area contributed by atoms with Crippen LogP contribution in [0.4, 0.5) is 5.69 Å². The smallest absolute Gasteiger partial charge is 0.267 e. The molecule has 0 saturated carbocycles. The molecule has 0 fully saturated rings. The van der Waals surface area contributed by atoms with Gasteiger partial charge in [0.25, 0.3) is 11.8 Å². The summed E-state index contributed by atoms with van der Waals surface area (Å²) >= 11 is 0. The molecule has 0 aliphatic carbocycles. The normalized spacial score (nSPS) is 10.8. The number of para-hydroxylation sites is 1. The minimum absolute atomic E-state index is 0.226. The van der Waals surface area contributed by atoms with E-state index in [0.29, 0.717) is 16.8 Å². The Hall–Kier alpha value is -3.51. The average Bonchev–Trinajstić information content (AvgIpc) is 2.67. The first-order chi connectivity index (χ1) is 12.2. The van der Waals surface area contributed by atoms with Crippen LogP contribution in [0.15, 0.2) is 66.9 Å². The summed E-state index contributed by atoms with van der Waals surface area (Å²) in [5.41, 5.74) is 4.02. The Bertz CT molecular complexity index is 953. The fourth-order valence-corrected chi connectivity index (χ4v) is 2.43. The number of hydrogen-bond donors (Lipinski definition) is 3. The van der Waals surface area contributed by atoms with Crippen molar-refractivity contribution in [2.24, 2.45) is 0 Å². The van der Waals surface area contributed by atoms with Crippen molar-refractivity contribution < 1.29 is 14.8 Å². The van der Waals surface area contributed by atoms with Gasteiger partial charge in [0.15, 0.2) is 0 Å². The van der Waals surface area contributed by atoms with Gasteiger partial charge in [-0.2, -0.15) is 0 Å². The number of nitrogens with one attached hydrogen (secondary N) is 2. The molecule has 0 spiro atoms. The molecule has 0 aliphatic rings. The van der Waals surface area contributed by atoms with Gasteiger partial charge in [-0.05, 0) is 35.9 Å². The Labute approximate surface area is 143 Å². The van der Waals surface area contributed by atoms with Crippen LogP contribution in [0.3, 0.4) is 0 Å². The van der Waals surface area contributed by atoms with Gasteiger partial charge in [0.05, 0.1) is 11.2 Å². The average molecular weight is 333 g/mol. The van der Waals surface area contributed by atoms with Crippen LogP contribution in [-0.2, 0) is 4.79 Å². The number of hydroxylamine groups is 1. The molecular formula is C19H15N3O3. The van der Waals surface area contributed by atoms with Crippen molar-refractivity contribution in [2.45, 2.75) is 0 Å². The van der Waals surface area contributed by atoms with Gasteiger partial charge < -0.3 is 5.32 Å². The topological polar surface area (TPSA) is 91.3 Å². The van der Waals surface area contributed by atoms with Gasteiger partial charge in [-0.1, -0.05) is 30.3 Å². The number of pyridine rings is 1. The molecule has 2 amide bonds. The predicted octanol–water partition coefficient (Wildman–Crippen LogP) is 3.01. The lowest BCUT2D eigenvalue weighted by Crippen LogP contribution is -2.14. The number of aromatic nitrogens is 1. The van der Waals surface area contributed by atoms with E-state index in [1.807, 2.05) is 12.1 Å².